The molecule has 0 heterocycles. The molecule has 1 saturated carbocycles. The fraction of sp³-hybridized carbons (Fsp3) is 0.533. The van der Waals surface area contributed by atoms with Crippen molar-refractivity contribution in [3.8, 4) is 5.75 Å². The number of nitrogens with zero attached hydrogens (tertiary/aromatic N) is 1. The fourth-order valence-corrected chi connectivity index (χ4v) is 2.65. The zero-order chi connectivity index (χ0) is 15.2. The van der Waals surface area contributed by atoms with Gasteiger partial charge in [0.15, 0.2) is 18.2 Å². The van der Waals surface area contributed by atoms with Crippen molar-refractivity contribution in [2.75, 3.05) is 19.8 Å². The van der Waals surface area contributed by atoms with Crippen LogP contribution in [0, 0.1) is 11.6 Å². The molecule has 1 amide bonds. The van der Waals surface area contributed by atoms with E-state index in [9.17, 15) is 13.6 Å². The number of carbonyl (C=O) groups is 1. The highest BCUT2D eigenvalue weighted by Crippen LogP contribution is 2.24. The minimum atomic E-state index is -0.836. The molecule has 0 atom stereocenters. The van der Waals surface area contributed by atoms with E-state index in [1.54, 1.807) is 4.90 Å². The average molecular weight is 299 g/mol. The number of hydrogen-bond acceptors (Lipinski definition) is 3. The zero-order valence-electron chi connectivity index (χ0n) is 11.7. The van der Waals surface area contributed by atoms with Crippen molar-refractivity contribution in [1.29, 1.82) is 0 Å². The quantitative estimate of drug-likeness (QED) is 0.875. The predicted octanol–water partition coefficient (Wildman–Crippen LogP) is 2.11. The van der Waals surface area contributed by atoms with Crippen LogP contribution in [0.25, 0.3) is 0 Å². The summed E-state index contributed by atoms with van der Waals surface area (Å²) >= 11 is 0. The number of rotatable bonds is 6. The first kappa shape index (κ1) is 15.7. The lowest BCUT2D eigenvalue weighted by atomic mass is 10.2. The van der Waals surface area contributed by atoms with Gasteiger partial charge in [-0.2, -0.15) is 0 Å². The van der Waals surface area contributed by atoms with Crippen LogP contribution in [-0.2, 0) is 4.79 Å². The van der Waals surface area contributed by atoms with Gasteiger partial charge in [-0.3, -0.25) is 4.79 Å². The summed E-state index contributed by atoms with van der Waals surface area (Å²) in [5.41, 5.74) is 0. The number of amides is 1. The van der Waals surface area contributed by atoms with Gasteiger partial charge in [0.2, 0.25) is 0 Å². The second kappa shape index (κ2) is 7.36. The van der Waals surface area contributed by atoms with E-state index in [0.717, 1.165) is 37.8 Å². The molecular weight excluding hydrogens is 280 g/mol. The van der Waals surface area contributed by atoms with Crippen LogP contribution in [0.1, 0.15) is 25.7 Å². The summed E-state index contributed by atoms with van der Waals surface area (Å²) in [6.07, 6.45) is 3.95. The maximum absolute atomic E-state index is 13.4. The highest BCUT2D eigenvalue weighted by molar-refractivity contribution is 5.78. The SMILES string of the molecule is O=C(COc1ccc(F)cc1F)N(CCO)C1CCCC1. The van der Waals surface area contributed by atoms with E-state index in [2.05, 4.69) is 0 Å². The van der Waals surface area contributed by atoms with Crippen molar-refractivity contribution in [2.24, 2.45) is 0 Å². The van der Waals surface area contributed by atoms with Crippen molar-refractivity contribution in [3.05, 3.63) is 29.8 Å². The summed E-state index contributed by atoms with van der Waals surface area (Å²) in [5, 5.41) is 9.07. The lowest BCUT2D eigenvalue weighted by Crippen LogP contribution is -2.43. The standard InChI is InChI=1S/C15H19F2NO3/c16-11-5-6-14(13(17)9-11)21-10-15(20)18(7-8-19)12-3-1-2-4-12/h5-6,9,12,19H,1-4,7-8,10H2. The average Bonchev–Trinajstić information content (AvgIpc) is 2.97. The largest absolute Gasteiger partial charge is 0.481 e. The summed E-state index contributed by atoms with van der Waals surface area (Å²) in [4.78, 5) is 13.8. The summed E-state index contributed by atoms with van der Waals surface area (Å²) in [6, 6.07) is 3.06. The first-order chi connectivity index (χ1) is 10.1. The molecule has 1 aliphatic rings. The number of carbonyl (C=O) groups excluding carboxylic acids is 1. The molecule has 1 N–H and O–H groups in total. The molecule has 1 aromatic carbocycles. The van der Waals surface area contributed by atoms with E-state index < -0.39 is 11.6 Å². The molecule has 116 valence electrons. The molecular formula is C15H19F2NO3. The summed E-state index contributed by atoms with van der Waals surface area (Å²) in [5.74, 6) is -1.98. The molecule has 2 rings (SSSR count). The van der Waals surface area contributed by atoms with Crippen LogP contribution in [0.2, 0.25) is 0 Å². The Morgan fingerprint density at radius 2 is 2.05 bits per heavy atom. The van der Waals surface area contributed by atoms with Gasteiger partial charge in [-0.25, -0.2) is 8.78 Å². The summed E-state index contributed by atoms with van der Waals surface area (Å²) < 4.78 is 31.3. The van der Waals surface area contributed by atoms with Gasteiger partial charge in [0, 0.05) is 18.7 Å². The number of hydrogen-bond donors (Lipinski definition) is 1. The van der Waals surface area contributed by atoms with Crippen molar-refractivity contribution in [2.45, 2.75) is 31.7 Å². The molecule has 1 aliphatic carbocycles. The number of aliphatic hydroxyl groups excluding tert-OH is 1. The van der Waals surface area contributed by atoms with E-state index >= 15 is 0 Å². The van der Waals surface area contributed by atoms with Crippen molar-refractivity contribution in [1.82, 2.24) is 4.90 Å². The van der Waals surface area contributed by atoms with Crippen LogP contribution in [0.3, 0.4) is 0 Å². The molecule has 21 heavy (non-hydrogen) atoms. The van der Waals surface area contributed by atoms with Crippen molar-refractivity contribution < 1.29 is 23.4 Å². The van der Waals surface area contributed by atoms with Crippen molar-refractivity contribution in [3.63, 3.8) is 0 Å². The molecule has 6 heteroatoms. The topological polar surface area (TPSA) is 49.8 Å². The van der Waals surface area contributed by atoms with Crippen LogP contribution in [-0.4, -0.2) is 41.7 Å². The zero-order valence-corrected chi connectivity index (χ0v) is 11.7. The Hall–Kier alpha value is -1.69. The number of halogens is 2. The second-order valence-electron chi connectivity index (χ2n) is 5.11. The molecule has 0 saturated heterocycles. The van der Waals surface area contributed by atoms with Crippen LogP contribution in [0.5, 0.6) is 5.75 Å². The van der Waals surface area contributed by atoms with Crippen molar-refractivity contribution >= 4 is 5.91 Å². The third-order valence-corrected chi connectivity index (χ3v) is 3.67. The van der Waals surface area contributed by atoms with E-state index in [0.29, 0.717) is 6.07 Å². The Kier molecular flexibility index (Phi) is 5.50. The van der Waals surface area contributed by atoms with E-state index in [1.807, 2.05) is 0 Å². The number of ether oxygens (including phenoxy) is 1. The Labute approximate surface area is 122 Å². The lowest BCUT2D eigenvalue weighted by Gasteiger charge is -2.28. The predicted molar refractivity (Wildman–Crippen MR) is 72.9 cm³/mol. The molecule has 0 aliphatic heterocycles. The Morgan fingerprint density at radius 3 is 2.67 bits per heavy atom. The molecule has 1 fully saturated rings. The molecule has 0 radical (unpaired) electrons. The molecule has 0 aromatic heterocycles. The smallest absolute Gasteiger partial charge is 0.260 e. The van der Waals surface area contributed by atoms with Gasteiger partial charge in [-0.1, -0.05) is 12.8 Å². The first-order valence-corrected chi connectivity index (χ1v) is 7.10. The molecule has 1 aromatic rings. The number of benzene rings is 1. The molecule has 0 bridgehead atoms. The normalized spacial score (nSPS) is 15.2. The van der Waals surface area contributed by atoms with Gasteiger partial charge in [0.05, 0.1) is 6.61 Å². The monoisotopic (exact) mass is 299 g/mol. The van der Waals surface area contributed by atoms with Gasteiger partial charge in [-0.15, -0.1) is 0 Å². The Morgan fingerprint density at radius 1 is 1.33 bits per heavy atom. The van der Waals surface area contributed by atoms with Gasteiger partial charge in [-0.05, 0) is 25.0 Å². The highest BCUT2D eigenvalue weighted by atomic mass is 19.1. The van der Waals surface area contributed by atoms with E-state index in [-0.39, 0.29) is 37.5 Å². The van der Waals surface area contributed by atoms with Gasteiger partial charge in [0.25, 0.3) is 5.91 Å². The van der Waals surface area contributed by atoms with E-state index in [4.69, 9.17) is 9.84 Å². The first-order valence-electron chi connectivity index (χ1n) is 7.10. The van der Waals surface area contributed by atoms with Crippen LogP contribution in [0.4, 0.5) is 8.78 Å². The molecule has 4 nitrogen and oxygen atoms in total. The summed E-state index contributed by atoms with van der Waals surface area (Å²) in [7, 11) is 0. The second-order valence-corrected chi connectivity index (χ2v) is 5.11. The highest BCUT2D eigenvalue weighted by Gasteiger charge is 2.26. The summed E-state index contributed by atoms with van der Waals surface area (Å²) in [6.45, 7) is -0.190. The fourth-order valence-electron chi connectivity index (χ4n) is 2.65. The third-order valence-electron chi connectivity index (χ3n) is 3.67. The minimum Gasteiger partial charge on any atom is -0.481 e. The van der Waals surface area contributed by atoms with Gasteiger partial charge >= 0.3 is 0 Å². The lowest BCUT2D eigenvalue weighted by molar-refractivity contribution is -0.136. The van der Waals surface area contributed by atoms with Crippen LogP contribution >= 0.6 is 0 Å². The van der Waals surface area contributed by atoms with Gasteiger partial charge in [0.1, 0.15) is 5.82 Å². The van der Waals surface area contributed by atoms with Crippen LogP contribution < -0.4 is 4.74 Å². The van der Waals surface area contributed by atoms with Gasteiger partial charge < -0.3 is 14.7 Å². The minimum absolute atomic E-state index is 0.117. The number of aliphatic hydroxyl groups is 1. The maximum atomic E-state index is 13.4. The molecule has 0 spiro atoms. The molecule has 0 unspecified atom stereocenters. The third kappa shape index (κ3) is 4.14. The van der Waals surface area contributed by atoms with Crippen LogP contribution in [0.15, 0.2) is 18.2 Å². The maximum Gasteiger partial charge on any atom is 0.260 e. The Balaban J connectivity index is 1.95. The Bertz CT molecular complexity index is 490. The van der Waals surface area contributed by atoms with E-state index in [1.165, 1.54) is 0 Å².